The molecule has 0 atom stereocenters. The monoisotopic (exact) mass is 370 g/mol. The van der Waals surface area contributed by atoms with Gasteiger partial charge >= 0.3 is 5.97 Å². The quantitative estimate of drug-likeness (QED) is 0.652. The lowest BCUT2D eigenvalue weighted by atomic mass is 9.99. The molecule has 138 valence electrons. The van der Waals surface area contributed by atoms with Gasteiger partial charge in [-0.05, 0) is 43.7 Å². The second-order valence-electron chi connectivity index (χ2n) is 6.34. The molecule has 0 fully saturated rings. The summed E-state index contributed by atoms with van der Waals surface area (Å²) in [6.45, 7) is 4.27. The predicted octanol–water partition coefficient (Wildman–Crippen LogP) is 3.75. The van der Waals surface area contributed by atoms with E-state index in [1.807, 2.05) is 30.5 Å². The van der Waals surface area contributed by atoms with Crippen LogP contribution in [0, 0.1) is 36.5 Å². The first-order valence-corrected chi connectivity index (χ1v) is 8.63. The molecule has 0 N–H and O–H groups in total. The third-order valence-corrected chi connectivity index (χ3v) is 4.75. The zero-order valence-corrected chi connectivity index (χ0v) is 15.9. The molecule has 0 aliphatic carbocycles. The second kappa shape index (κ2) is 7.77. The third-order valence-electron chi connectivity index (χ3n) is 4.75. The van der Waals surface area contributed by atoms with Crippen molar-refractivity contribution >= 4 is 5.97 Å². The maximum atomic E-state index is 12.5. The van der Waals surface area contributed by atoms with Crippen molar-refractivity contribution in [3.8, 4) is 23.3 Å². The number of nitrogens with zero attached hydrogens (tertiary/aromatic N) is 4. The molecule has 0 aliphatic heterocycles. The van der Waals surface area contributed by atoms with Gasteiger partial charge in [-0.25, -0.2) is 4.79 Å². The van der Waals surface area contributed by atoms with Crippen LogP contribution in [0.2, 0.25) is 0 Å². The molecule has 0 bridgehead atoms. The SMILES string of the molecule is COC(=O)c1c(-c2ccc(C#N)cc2)c(C)n(Cc2ccc(C#N)cn2)c1C. The Hall–Kier alpha value is -3.90. The molecule has 3 aromatic rings. The van der Waals surface area contributed by atoms with Gasteiger partial charge < -0.3 is 9.30 Å². The highest BCUT2D eigenvalue weighted by molar-refractivity contribution is 5.99. The minimum Gasteiger partial charge on any atom is -0.465 e. The Morgan fingerprint density at radius 1 is 1.04 bits per heavy atom. The van der Waals surface area contributed by atoms with Crippen LogP contribution in [0.3, 0.4) is 0 Å². The fraction of sp³-hybridized carbons (Fsp3) is 0.182. The summed E-state index contributed by atoms with van der Waals surface area (Å²) in [5.41, 5.74) is 5.62. The molecule has 0 saturated carbocycles. The standard InChI is InChI=1S/C22H18N4O2/c1-14-20(18-7-4-16(10-23)5-8-18)21(22(27)28-3)15(2)26(14)13-19-9-6-17(11-24)12-25-19/h4-9,12H,13H2,1-3H3. The number of carbonyl (C=O) groups is 1. The summed E-state index contributed by atoms with van der Waals surface area (Å²) < 4.78 is 7.02. The summed E-state index contributed by atoms with van der Waals surface area (Å²) >= 11 is 0. The number of hydrogen-bond acceptors (Lipinski definition) is 5. The molecule has 6 heteroatoms. The number of rotatable bonds is 4. The van der Waals surface area contributed by atoms with E-state index in [1.165, 1.54) is 13.3 Å². The van der Waals surface area contributed by atoms with Gasteiger partial charge in [-0.2, -0.15) is 10.5 Å². The lowest BCUT2D eigenvalue weighted by molar-refractivity contribution is 0.0600. The average molecular weight is 370 g/mol. The van der Waals surface area contributed by atoms with E-state index in [0.29, 0.717) is 23.2 Å². The Morgan fingerprint density at radius 2 is 1.68 bits per heavy atom. The Kier molecular flexibility index (Phi) is 5.24. The minimum absolute atomic E-state index is 0.411. The van der Waals surface area contributed by atoms with E-state index in [9.17, 15) is 4.79 Å². The third kappa shape index (κ3) is 3.36. The highest BCUT2D eigenvalue weighted by Gasteiger charge is 2.25. The fourth-order valence-corrected chi connectivity index (χ4v) is 3.28. The van der Waals surface area contributed by atoms with Crippen molar-refractivity contribution < 1.29 is 9.53 Å². The van der Waals surface area contributed by atoms with Crippen LogP contribution in [-0.4, -0.2) is 22.6 Å². The number of hydrogen-bond donors (Lipinski definition) is 0. The molecule has 2 heterocycles. The zero-order valence-electron chi connectivity index (χ0n) is 15.9. The van der Waals surface area contributed by atoms with Crippen molar-refractivity contribution in [3.05, 3.63) is 76.4 Å². The summed E-state index contributed by atoms with van der Waals surface area (Å²) in [5, 5.41) is 18.0. The molecule has 28 heavy (non-hydrogen) atoms. The Morgan fingerprint density at radius 3 is 2.21 bits per heavy atom. The smallest absolute Gasteiger partial charge is 0.340 e. The van der Waals surface area contributed by atoms with E-state index in [1.54, 1.807) is 24.3 Å². The van der Waals surface area contributed by atoms with Crippen molar-refractivity contribution in [2.45, 2.75) is 20.4 Å². The van der Waals surface area contributed by atoms with E-state index in [4.69, 9.17) is 15.3 Å². The van der Waals surface area contributed by atoms with Gasteiger partial charge in [-0.1, -0.05) is 12.1 Å². The minimum atomic E-state index is -0.411. The number of esters is 1. The van der Waals surface area contributed by atoms with E-state index in [-0.39, 0.29) is 0 Å². The van der Waals surface area contributed by atoms with Gasteiger partial charge in [0.05, 0.1) is 42.1 Å². The molecule has 2 aromatic heterocycles. The van der Waals surface area contributed by atoms with Crippen LogP contribution < -0.4 is 0 Å². The normalized spacial score (nSPS) is 10.2. The number of aromatic nitrogens is 2. The number of pyridine rings is 1. The Balaban J connectivity index is 2.13. The van der Waals surface area contributed by atoms with Gasteiger partial charge in [0.2, 0.25) is 0 Å². The fourth-order valence-electron chi connectivity index (χ4n) is 3.28. The van der Waals surface area contributed by atoms with Crippen LogP contribution in [0.25, 0.3) is 11.1 Å². The molecule has 0 radical (unpaired) electrons. The van der Waals surface area contributed by atoms with Crippen molar-refractivity contribution in [1.82, 2.24) is 9.55 Å². The summed E-state index contributed by atoms with van der Waals surface area (Å²) in [5.74, 6) is -0.411. The number of ether oxygens (including phenoxy) is 1. The molecule has 6 nitrogen and oxygen atoms in total. The number of benzene rings is 1. The van der Waals surface area contributed by atoms with Crippen LogP contribution in [0.4, 0.5) is 0 Å². The van der Waals surface area contributed by atoms with Crippen LogP contribution in [0.5, 0.6) is 0 Å². The lowest BCUT2D eigenvalue weighted by Gasteiger charge is -2.09. The molecule has 0 unspecified atom stereocenters. The van der Waals surface area contributed by atoms with Crippen molar-refractivity contribution in [2.24, 2.45) is 0 Å². The van der Waals surface area contributed by atoms with Crippen molar-refractivity contribution in [1.29, 1.82) is 10.5 Å². The molecule has 1 aromatic carbocycles. The molecule has 0 saturated heterocycles. The summed E-state index contributed by atoms with van der Waals surface area (Å²) in [4.78, 5) is 16.8. The Labute approximate surface area is 163 Å². The molecule has 0 spiro atoms. The van der Waals surface area contributed by atoms with Crippen molar-refractivity contribution in [2.75, 3.05) is 7.11 Å². The van der Waals surface area contributed by atoms with Gasteiger partial charge in [-0.15, -0.1) is 0 Å². The number of nitriles is 2. The first-order chi connectivity index (χ1) is 13.5. The van der Waals surface area contributed by atoms with Gasteiger partial charge in [0, 0.05) is 23.1 Å². The lowest BCUT2D eigenvalue weighted by Crippen LogP contribution is -2.08. The molecular formula is C22H18N4O2. The van der Waals surface area contributed by atoms with Crippen molar-refractivity contribution in [3.63, 3.8) is 0 Å². The zero-order chi connectivity index (χ0) is 20.3. The topological polar surface area (TPSA) is 91.7 Å². The maximum Gasteiger partial charge on any atom is 0.340 e. The second-order valence-corrected chi connectivity index (χ2v) is 6.34. The molecule has 0 aliphatic rings. The van der Waals surface area contributed by atoms with E-state index in [0.717, 1.165) is 28.2 Å². The van der Waals surface area contributed by atoms with E-state index >= 15 is 0 Å². The van der Waals surface area contributed by atoms with Gasteiger partial charge in [0.1, 0.15) is 6.07 Å². The highest BCUT2D eigenvalue weighted by atomic mass is 16.5. The largest absolute Gasteiger partial charge is 0.465 e. The molecule has 0 amide bonds. The summed E-state index contributed by atoms with van der Waals surface area (Å²) in [6.07, 6.45) is 1.53. The van der Waals surface area contributed by atoms with Gasteiger partial charge in [0.25, 0.3) is 0 Å². The van der Waals surface area contributed by atoms with E-state index in [2.05, 4.69) is 17.1 Å². The maximum absolute atomic E-state index is 12.5. The highest BCUT2D eigenvalue weighted by Crippen LogP contribution is 2.33. The number of carbonyl (C=O) groups excluding carboxylic acids is 1. The van der Waals surface area contributed by atoms with Gasteiger partial charge in [0.15, 0.2) is 0 Å². The van der Waals surface area contributed by atoms with Crippen LogP contribution in [-0.2, 0) is 11.3 Å². The molecular weight excluding hydrogens is 352 g/mol. The summed E-state index contributed by atoms with van der Waals surface area (Å²) in [6, 6.07) is 14.8. The van der Waals surface area contributed by atoms with Crippen LogP contribution in [0.1, 0.15) is 38.6 Å². The molecule has 3 rings (SSSR count). The first kappa shape index (κ1) is 18.9. The first-order valence-electron chi connectivity index (χ1n) is 8.63. The predicted molar refractivity (Wildman–Crippen MR) is 103 cm³/mol. The van der Waals surface area contributed by atoms with E-state index < -0.39 is 5.97 Å². The van der Waals surface area contributed by atoms with Gasteiger partial charge in [-0.3, -0.25) is 4.98 Å². The Bertz CT molecular complexity index is 1110. The summed E-state index contributed by atoms with van der Waals surface area (Å²) in [7, 11) is 1.36. The number of methoxy groups -OCH3 is 1. The van der Waals surface area contributed by atoms with Crippen LogP contribution >= 0.6 is 0 Å². The average Bonchev–Trinajstić information content (AvgIpc) is 2.98. The van der Waals surface area contributed by atoms with Crippen LogP contribution in [0.15, 0.2) is 42.6 Å².